The van der Waals surface area contributed by atoms with Crippen molar-refractivity contribution >= 4 is 33.5 Å². The standard InChI is InChI=1S/C30H37FN6O3/c1-4-22-17-35(9-6-10-38)24-8-5-7-18-12-25(37(22)27(18)24)29-33-23-11-19(13-26(40-3)28(23)34(29)2)30(39)36-15-20(31)14-21(32)16-36/h5,7-8,11-13,20-22,38H,4,6,9-10,14-17,32H2,1-3H3/t20-,21-,22?/m1/s1. The van der Waals surface area contributed by atoms with Gasteiger partial charge in [-0.05, 0) is 43.5 Å². The monoisotopic (exact) mass is 548 g/mol. The number of piperidine rings is 1. The first-order valence-electron chi connectivity index (χ1n) is 14.1. The lowest BCUT2D eigenvalue weighted by atomic mass is 10.0. The Bertz CT molecular complexity index is 1570. The number of fused-ring (bicyclic) bond motifs is 1. The van der Waals surface area contributed by atoms with Gasteiger partial charge < -0.3 is 34.5 Å². The number of imidazole rings is 1. The predicted octanol–water partition coefficient (Wildman–Crippen LogP) is 3.87. The van der Waals surface area contributed by atoms with Crippen LogP contribution in [-0.2, 0) is 7.05 Å². The zero-order chi connectivity index (χ0) is 28.1. The molecular weight excluding hydrogens is 511 g/mol. The van der Waals surface area contributed by atoms with Crippen molar-refractivity contribution in [3.05, 3.63) is 42.0 Å². The number of ether oxygens (including phenoxy) is 1. The number of nitrogens with zero attached hydrogens (tertiary/aromatic N) is 5. The molecule has 0 spiro atoms. The molecule has 1 saturated heterocycles. The molecule has 2 aromatic heterocycles. The number of benzene rings is 2. The summed E-state index contributed by atoms with van der Waals surface area (Å²) >= 11 is 0. The van der Waals surface area contributed by atoms with E-state index < -0.39 is 6.17 Å². The second-order valence-electron chi connectivity index (χ2n) is 11.0. The SMILES string of the molecule is CCC1CN(CCCO)c2cccc3cc(-c4nc5cc(C(=O)N6C[C@H](N)C[C@@H](F)C6)cc(OC)c5n4C)n1c23. The number of alkyl halides is 1. The zero-order valence-electron chi connectivity index (χ0n) is 23.3. The molecule has 212 valence electrons. The number of hydrogen-bond donors (Lipinski definition) is 2. The van der Waals surface area contributed by atoms with Crippen LogP contribution in [-0.4, -0.2) is 82.1 Å². The highest BCUT2D eigenvalue weighted by Crippen LogP contribution is 2.42. The highest BCUT2D eigenvalue weighted by atomic mass is 19.1. The summed E-state index contributed by atoms with van der Waals surface area (Å²) in [6.45, 7) is 4.38. The molecule has 2 aromatic carbocycles. The summed E-state index contributed by atoms with van der Waals surface area (Å²) in [5.41, 5.74) is 11.2. The van der Waals surface area contributed by atoms with E-state index in [9.17, 15) is 14.3 Å². The number of amides is 1. The number of hydrogen-bond acceptors (Lipinski definition) is 6. The van der Waals surface area contributed by atoms with Crippen molar-refractivity contribution < 1.29 is 19.0 Å². The first-order valence-corrected chi connectivity index (χ1v) is 14.1. The first kappa shape index (κ1) is 26.6. The Kier molecular flexibility index (Phi) is 6.92. The average molecular weight is 549 g/mol. The van der Waals surface area contributed by atoms with Crippen molar-refractivity contribution in [2.24, 2.45) is 12.8 Å². The lowest BCUT2D eigenvalue weighted by Crippen LogP contribution is -2.50. The summed E-state index contributed by atoms with van der Waals surface area (Å²) in [6.07, 6.45) is 0.807. The van der Waals surface area contributed by atoms with Gasteiger partial charge in [0, 0.05) is 50.3 Å². The van der Waals surface area contributed by atoms with Crippen LogP contribution < -0.4 is 15.4 Å². The van der Waals surface area contributed by atoms with E-state index in [1.54, 1.807) is 19.2 Å². The van der Waals surface area contributed by atoms with E-state index >= 15 is 0 Å². The fourth-order valence-electron chi connectivity index (χ4n) is 6.53. The number of likely N-dealkylation sites (tertiary alicyclic amines) is 1. The molecular formula is C30H37FN6O3. The van der Waals surface area contributed by atoms with Crippen LogP contribution in [0.3, 0.4) is 0 Å². The number of aliphatic hydroxyl groups is 1. The smallest absolute Gasteiger partial charge is 0.254 e. The summed E-state index contributed by atoms with van der Waals surface area (Å²) in [5.74, 6) is 1.05. The minimum atomic E-state index is -1.13. The van der Waals surface area contributed by atoms with Gasteiger partial charge in [-0.25, -0.2) is 9.37 Å². The molecule has 9 nitrogen and oxygen atoms in total. The Labute approximate surface area is 232 Å². The number of anilines is 1. The minimum absolute atomic E-state index is 0.0382. The predicted molar refractivity (Wildman–Crippen MR) is 155 cm³/mol. The number of carbonyl (C=O) groups is 1. The van der Waals surface area contributed by atoms with Crippen molar-refractivity contribution in [1.29, 1.82) is 0 Å². The average Bonchev–Trinajstić information content (AvgIpc) is 3.50. The normalized spacial score (nSPS) is 21.0. The maximum atomic E-state index is 14.2. The lowest BCUT2D eigenvalue weighted by Gasteiger charge is -2.36. The lowest BCUT2D eigenvalue weighted by molar-refractivity contribution is 0.0606. The van der Waals surface area contributed by atoms with Gasteiger partial charge in [0.2, 0.25) is 0 Å². The fourth-order valence-corrected chi connectivity index (χ4v) is 6.53. The fraction of sp³-hybridized carbons (Fsp3) is 0.467. The summed E-state index contributed by atoms with van der Waals surface area (Å²) in [5, 5.41) is 10.6. The molecule has 2 aliphatic heterocycles. The van der Waals surface area contributed by atoms with Gasteiger partial charge in [-0.3, -0.25) is 4.79 Å². The molecule has 1 unspecified atom stereocenters. The summed E-state index contributed by atoms with van der Waals surface area (Å²) in [6, 6.07) is 11.9. The van der Waals surface area contributed by atoms with Crippen molar-refractivity contribution in [1.82, 2.24) is 19.0 Å². The Morgan fingerprint density at radius 2 is 2.02 bits per heavy atom. The van der Waals surface area contributed by atoms with Gasteiger partial charge in [0.25, 0.3) is 5.91 Å². The van der Waals surface area contributed by atoms with Crippen LogP contribution >= 0.6 is 0 Å². The topological polar surface area (TPSA) is 102 Å². The second kappa shape index (κ2) is 10.4. The molecule has 0 bridgehead atoms. The van der Waals surface area contributed by atoms with Crippen LogP contribution in [0.5, 0.6) is 5.75 Å². The summed E-state index contributed by atoms with van der Waals surface area (Å²) in [7, 11) is 3.55. The number of carbonyl (C=O) groups excluding carboxylic acids is 1. The molecule has 6 rings (SSSR count). The maximum Gasteiger partial charge on any atom is 0.254 e. The molecule has 2 aliphatic rings. The minimum Gasteiger partial charge on any atom is -0.494 e. The van der Waals surface area contributed by atoms with Crippen LogP contribution in [0.15, 0.2) is 36.4 Å². The number of aryl methyl sites for hydroxylation is 1. The van der Waals surface area contributed by atoms with Gasteiger partial charge >= 0.3 is 0 Å². The van der Waals surface area contributed by atoms with Crippen molar-refractivity contribution in [3.63, 3.8) is 0 Å². The largest absolute Gasteiger partial charge is 0.494 e. The van der Waals surface area contributed by atoms with Crippen LogP contribution in [0.4, 0.5) is 10.1 Å². The molecule has 0 radical (unpaired) electrons. The summed E-state index contributed by atoms with van der Waals surface area (Å²) in [4.78, 5) is 22.3. The van der Waals surface area contributed by atoms with Crippen LogP contribution in [0.25, 0.3) is 33.5 Å². The Morgan fingerprint density at radius 3 is 2.75 bits per heavy atom. The number of para-hydroxylation sites is 1. The van der Waals surface area contributed by atoms with Crippen LogP contribution in [0, 0.1) is 0 Å². The Balaban J connectivity index is 1.48. The van der Waals surface area contributed by atoms with Gasteiger partial charge in [-0.15, -0.1) is 0 Å². The molecule has 40 heavy (non-hydrogen) atoms. The quantitative estimate of drug-likeness (QED) is 0.364. The van der Waals surface area contributed by atoms with E-state index in [0.717, 1.165) is 54.0 Å². The molecule has 3 N–H and O–H groups in total. The molecule has 4 aromatic rings. The number of rotatable bonds is 7. The first-order chi connectivity index (χ1) is 19.3. The molecule has 0 saturated carbocycles. The van der Waals surface area contributed by atoms with E-state index in [4.69, 9.17) is 15.5 Å². The number of nitrogens with two attached hydrogens (primary N) is 1. The van der Waals surface area contributed by atoms with E-state index in [1.807, 2.05) is 11.6 Å². The third-order valence-electron chi connectivity index (χ3n) is 8.38. The maximum absolute atomic E-state index is 14.2. The van der Waals surface area contributed by atoms with Crippen LogP contribution in [0.1, 0.15) is 42.6 Å². The zero-order valence-corrected chi connectivity index (χ0v) is 23.3. The summed E-state index contributed by atoms with van der Waals surface area (Å²) < 4.78 is 24.4. The van der Waals surface area contributed by atoms with Gasteiger partial charge in [0.05, 0.1) is 42.1 Å². The van der Waals surface area contributed by atoms with E-state index in [1.165, 1.54) is 10.4 Å². The molecule has 10 heteroatoms. The number of methoxy groups -OCH3 is 1. The molecule has 1 amide bonds. The van der Waals surface area contributed by atoms with E-state index in [2.05, 4.69) is 40.7 Å². The Morgan fingerprint density at radius 1 is 1.20 bits per heavy atom. The van der Waals surface area contributed by atoms with Gasteiger partial charge in [-0.2, -0.15) is 0 Å². The number of aromatic nitrogens is 3. The van der Waals surface area contributed by atoms with Crippen LogP contribution in [0.2, 0.25) is 0 Å². The van der Waals surface area contributed by atoms with Gasteiger partial charge in [0.1, 0.15) is 17.4 Å². The third kappa shape index (κ3) is 4.30. The molecule has 0 aliphatic carbocycles. The highest BCUT2D eigenvalue weighted by molar-refractivity contribution is 6.01. The number of halogens is 1. The van der Waals surface area contributed by atoms with Crippen molar-refractivity contribution in [2.45, 2.75) is 44.4 Å². The van der Waals surface area contributed by atoms with Crippen molar-refractivity contribution in [3.8, 4) is 17.3 Å². The highest BCUT2D eigenvalue weighted by Gasteiger charge is 2.32. The van der Waals surface area contributed by atoms with Gasteiger partial charge in [0.15, 0.2) is 5.82 Å². The van der Waals surface area contributed by atoms with E-state index in [-0.39, 0.29) is 37.6 Å². The number of aliphatic hydroxyl groups excluding tert-OH is 1. The molecule has 1 fully saturated rings. The molecule has 3 atom stereocenters. The second-order valence-corrected chi connectivity index (χ2v) is 11.0. The Hall–Kier alpha value is -3.63. The van der Waals surface area contributed by atoms with Crippen molar-refractivity contribution in [2.75, 3.05) is 44.8 Å². The van der Waals surface area contributed by atoms with Gasteiger partial charge in [-0.1, -0.05) is 19.1 Å². The third-order valence-corrected chi connectivity index (χ3v) is 8.38. The van der Waals surface area contributed by atoms with E-state index in [0.29, 0.717) is 23.4 Å². The molecule has 4 heterocycles.